The van der Waals surface area contributed by atoms with Crippen LogP contribution >= 0.6 is 11.6 Å². The molecule has 0 saturated carbocycles. The molecule has 0 spiro atoms. The lowest BCUT2D eigenvalue weighted by Gasteiger charge is -2.05. The van der Waals surface area contributed by atoms with E-state index in [0.717, 1.165) is 4.68 Å². The van der Waals surface area contributed by atoms with E-state index in [9.17, 15) is 18.0 Å². The van der Waals surface area contributed by atoms with Crippen LogP contribution in [-0.2, 0) is 6.42 Å². The summed E-state index contributed by atoms with van der Waals surface area (Å²) in [7, 11) is 0. The van der Waals surface area contributed by atoms with Gasteiger partial charge in [-0.05, 0) is 6.42 Å². The monoisotopic (exact) mass is 304 g/mol. The minimum atomic E-state index is -1.36. The zero-order chi connectivity index (χ0) is 15.0. The fourth-order valence-electron chi connectivity index (χ4n) is 1.73. The van der Waals surface area contributed by atoms with E-state index < -0.39 is 29.1 Å². The maximum atomic E-state index is 13.7. The molecule has 0 unspecified atom stereocenters. The summed E-state index contributed by atoms with van der Waals surface area (Å²) in [4.78, 5) is 11.1. The van der Waals surface area contributed by atoms with E-state index in [1.165, 1.54) is 0 Å². The standard InChI is InChI=1S/C12H8ClF3N2O2/c1-2-8-10(12(19)20)11(13)18(17-8)9-4-6(15)5(14)3-7(9)16/h3-4H,2H2,1H3,(H,19,20). The van der Waals surface area contributed by atoms with Gasteiger partial charge >= 0.3 is 5.97 Å². The normalized spacial score (nSPS) is 10.8. The van der Waals surface area contributed by atoms with Crippen molar-refractivity contribution in [2.24, 2.45) is 0 Å². The smallest absolute Gasteiger partial charge is 0.340 e. The molecule has 1 heterocycles. The van der Waals surface area contributed by atoms with Gasteiger partial charge < -0.3 is 5.11 Å². The largest absolute Gasteiger partial charge is 0.478 e. The summed E-state index contributed by atoms with van der Waals surface area (Å²) in [6, 6.07) is 0.906. The molecule has 0 aliphatic carbocycles. The third kappa shape index (κ3) is 2.24. The van der Waals surface area contributed by atoms with Gasteiger partial charge in [-0.15, -0.1) is 0 Å². The Bertz CT molecular complexity index is 700. The van der Waals surface area contributed by atoms with Crippen molar-refractivity contribution < 1.29 is 23.1 Å². The Balaban J connectivity index is 2.71. The zero-order valence-electron chi connectivity index (χ0n) is 10.1. The van der Waals surface area contributed by atoms with E-state index >= 15 is 0 Å². The molecule has 0 amide bonds. The maximum Gasteiger partial charge on any atom is 0.340 e. The summed E-state index contributed by atoms with van der Waals surface area (Å²) in [6.45, 7) is 1.64. The average Bonchev–Trinajstić information content (AvgIpc) is 2.71. The van der Waals surface area contributed by atoms with Gasteiger partial charge in [0.05, 0.1) is 5.69 Å². The Kier molecular flexibility index (Phi) is 3.71. The van der Waals surface area contributed by atoms with Crippen molar-refractivity contribution in [3.05, 3.63) is 46.0 Å². The number of hydrogen-bond acceptors (Lipinski definition) is 2. The molecule has 2 rings (SSSR count). The minimum absolute atomic E-state index is 0.117. The van der Waals surface area contributed by atoms with Gasteiger partial charge in [-0.25, -0.2) is 22.6 Å². The summed E-state index contributed by atoms with van der Waals surface area (Å²) in [5, 5.41) is 12.5. The van der Waals surface area contributed by atoms with Gasteiger partial charge in [0.1, 0.15) is 16.4 Å². The fourth-order valence-corrected chi connectivity index (χ4v) is 2.05. The highest BCUT2D eigenvalue weighted by atomic mass is 35.5. The number of aromatic carboxylic acids is 1. The molecule has 20 heavy (non-hydrogen) atoms. The SMILES string of the molecule is CCc1nn(-c2cc(F)c(F)cc2F)c(Cl)c1C(=O)O. The lowest BCUT2D eigenvalue weighted by Crippen LogP contribution is -2.03. The highest BCUT2D eigenvalue weighted by Crippen LogP contribution is 2.26. The minimum Gasteiger partial charge on any atom is -0.478 e. The van der Waals surface area contributed by atoms with Crippen molar-refractivity contribution >= 4 is 17.6 Å². The Morgan fingerprint density at radius 1 is 1.30 bits per heavy atom. The summed E-state index contributed by atoms with van der Waals surface area (Å²) < 4.78 is 40.5. The van der Waals surface area contributed by atoms with Gasteiger partial charge in [0.25, 0.3) is 0 Å². The Hall–Kier alpha value is -2.02. The molecule has 106 valence electrons. The number of aryl methyl sites for hydroxylation is 1. The fraction of sp³-hybridized carbons (Fsp3) is 0.167. The van der Waals surface area contributed by atoms with Gasteiger partial charge in [-0.3, -0.25) is 0 Å². The highest BCUT2D eigenvalue weighted by molar-refractivity contribution is 6.32. The molecule has 1 aromatic heterocycles. The second-order valence-corrected chi connectivity index (χ2v) is 4.26. The first kappa shape index (κ1) is 14.4. The molecule has 2 aromatic rings. The third-order valence-corrected chi connectivity index (χ3v) is 3.02. The van der Waals surface area contributed by atoms with E-state index in [1.807, 2.05) is 0 Å². The van der Waals surface area contributed by atoms with Crippen molar-refractivity contribution in [2.45, 2.75) is 13.3 Å². The number of carbonyl (C=O) groups is 1. The van der Waals surface area contributed by atoms with Crippen LogP contribution in [0.4, 0.5) is 13.2 Å². The lowest BCUT2D eigenvalue weighted by atomic mass is 10.2. The van der Waals surface area contributed by atoms with Crippen LogP contribution in [0.3, 0.4) is 0 Å². The molecule has 0 atom stereocenters. The number of nitrogens with zero attached hydrogens (tertiary/aromatic N) is 2. The number of carboxylic acid groups (broad SMARTS) is 1. The molecule has 0 aliphatic rings. The first-order valence-corrected chi connectivity index (χ1v) is 5.90. The second kappa shape index (κ2) is 5.16. The van der Waals surface area contributed by atoms with Crippen LogP contribution in [0.5, 0.6) is 0 Å². The molecule has 0 radical (unpaired) electrons. The second-order valence-electron chi connectivity index (χ2n) is 3.90. The highest BCUT2D eigenvalue weighted by Gasteiger charge is 2.24. The van der Waals surface area contributed by atoms with Gasteiger partial charge in [-0.1, -0.05) is 18.5 Å². The van der Waals surface area contributed by atoms with Crippen molar-refractivity contribution in [3.8, 4) is 5.69 Å². The van der Waals surface area contributed by atoms with Gasteiger partial charge in [0.2, 0.25) is 0 Å². The number of hydrogen-bond donors (Lipinski definition) is 1. The van der Waals surface area contributed by atoms with E-state index in [0.29, 0.717) is 12.1 Å². The van der Waals surface area contributed by atoms with Gasteiger partial charge in [0, 0.05) is 12.1 Å². The molecule has 0 saturated heterocycles. The van der Waals surface area contributed by atoms with Crippen LogP contribution in [0, 0.1) is 17.5 Å². The van der Waals surface area contributed by atoms with Crippen molar-refractivity contribution in [1.29, 1.82) is 0 Å². The Morgan fingerprint density at radius 3 is 2.40 bits per heavy atom. The van der Waals surface area contributed by atoms with Crippen molar-refractivity contribution in [3.63, 3.8) is 0 Å². The molecule has 0 bridgehead atoms. The number of carboxylic acids is 1. The molecular formula is C12H8ClF3N2O2. The van der Waals surface area contributed by atoms with E-state index in [4.69, 9.17) is 16.7 Å². The molecule has 0 fully saturated rings. The Labute approximate surface area is 116 Å². The van der Waals surface area contributed by atoms with Crippen molar-refractivity contribution in [1.82, 2.24) is 9.78 Å². The molecule has 1 N–H and O–H groups in total. The van der Waals surface area contributed by atoms with Crippen LogP contribution in [0.2, 0.25) is 5.15 Å². The first-order valence-electron chi connectivity index (χ1n) is 5.52. The maximum absolute atomic E-state index is 13.7. The zero-order valence-corrected chi connectivity index (χ0v) is 10.9. The topological polar surface area (TPSA) is 55.1 Å². The summed E-state index contributed by atoms with van der Waals surface area (Å²) in [5.41, 5.74) is -0.638. The molecule has 8 heteroatoms. The Morgan fingerprint density at radius 2 is 1.90 bits per heavy atom. The number of benzene rings is 1. The average molecular weight is 305 g/mol. The van der Waals surface area contributed by atoms with Crippen molar-refractivity contribution in [2.75, 3.05) is 0 Å². The molecule has 1 aromatic carbocycles. The molecule has 0 aliphatic heterocycles. The summed E-state index contributed by atoms with van der Waals surface area (Å²) >= 11 is 5.84. The van der Waals surface area contributed by atoms with Gasteiger partial charge in [0.15, 0.2) is 17.5 Å². The van der Waals surface area contributed by atoms with Crippen LogP contribution in [-0.4, -0.2) is 20.9 Å². The van der Waals surface area contributed by atoms with E-state index in [-0.39, 0.29) is 22.8 Å². The lowest BCUT2D eigenvalue weighted by molar-refractivity contribution is 0.0696. The van der Waals surface area contributed by atoms with E-state index in [2.05, 4.69) is 5.10 Å². The molecule has 4 nitrogen and oxygen atoms in total. The number of rotatable bonds is 3. The van der Waals surface area contributed by atoms with Gasteiger partial charge in [-0.2, -0.15) is 5.10 Å². The van der Waals surface area contributed by atoms with Crippen LogP contribution in [0.1, 0.15) is 23.0 Å². The van der Waals surface area contributed by atoms with Crippen LogP contribution < -0.4 is 0 Å². The van der Waals surface area contributed by atoms with E-state index in [1.54, 1.807) is 6.92 Å². The number of aromatic nitrogens is 2. The quantitative estimate of drug-likeness (QED) is 0.886. The molecular weight excluding hydrogens is 297 g/mol. The summed E-state index contributed by atoms with van der Waals surface area (Å²) in [6.07, 6.45) is 0.236. The van der Waals surface area contributed by atoms with Crippen LogP contribution in [0.25, 0.3) is 5.69 Å². The predicted molar refractivity (Wildman–Crippen MR) is 64.8 cm³/mol. The first-order chi connectivity index (χ1) is 9.36. The number of halogens is 4. The van der Waals surface area contributed by atoms with Crippen LogP contribution in [0.15, 0.2) is 12.1 Å². The summed E-state index contributed by atoms with van der Waals surface area (Å²) in [5.74, 6) is -5.08. The predicted octanol–water partition coefficient (Wildman–Crippen LogP) is 3.20. The third-order valence-electron chi connectivity index (χ3n) is 2.67.